The summed E-state index contributed by atoms with van der Waals surface area (Å²) in [6, 6.07) is 0. The first kappa shape index (κ1) is 11.3. The molecule has 0 amide bonds. The largest absolute Gasteiger partial charge is 0.464 e. The maximum absolute atomic E-state index is 11.2. The van der Waals surface area contributed by atoms with Gasteiger partial charge in [0.05, 0.1) is 13.3 Å². The van der Waals surface area contributed by atoms with Gasteiger partial charge in [-0.1, -0.05) is 23.9 Å². The van der Waals surface area contributed by atoms with Crippen LogP contribution in [0.5, 0.6) is 0 Å². The fourth-order valence-corrected chi connectivity index (χ4v) is 2.64. The number of aromatic amines is 1. The molecular weight excluding hydrogens is 224 g/mol. The molecule has 0 saturated heterocycles. The average molecular weight is 238 g/mol. The zero-order chi connectivity index (χ0) is 11.4. The van der Waals surface area contributed by atoms with Crippen molar-refractivity contribution in [2.45, 2.75) is 29.7 Å². The molecule has 0 aromatic carbocycles. The Labute approximate surface area is 98.5 Å². The van der Waals surface area contributed by atoms with Crippen molar-refractivity contribution in [3.8, 4) is 0 Å². The van der Waals surface area contributed by atoms with Gasteiger partial charge in [-0.3, -0.25) is 0 Å². The van der Waals surface area contributed by atoms with Crippen LogP contribution in [-0.2, 0) is 4.74 Å². The van der Waals surface area contributed by atoms with Gasteiger partial charge in [0.2, 0.25) is 0 Å². The molecule has 1 aliphatic carbocycles. The predicted molar refractivity (Wildman–Crippen MR) is 62.6 cm³/mol. The highest BCUT2D eigenvalue weighted by Gasteiger charge is 2.14. The molecule has 1 aliphatic rings. The lowest BCUT2D eigenvalue weighted by Crippen LogP contribution is -2.03. The molecule has 86 valence electrons. The molecule has 4 nitrogen and oxygen atoms in total. The summed E-state index contributed by atoms with van der Waals surface area (Å²) in [5.74, 6) is -0.376. The number of methoxy groups -OCH3 is 1. The Kier molecular flexibility index (Phi) is 3.66. The van der Waals surface area contributed by atoms with Crippen molar-refractivity contribution in [2.24, 2.45) is 0 Å². The number of ether oxygens (including phenoxy) is 1. The molecule has 0 fully saturated rings. The molecule has 1 aromatic rings. The number of nitrogens with one attached hydrogen (secondary N) is 1. The number of allylic oxidation sites excluding steroid dienone is 1. The number of carbonyl (C=O) groups excluding carboxylic acids is 1. The Morgan fingerprint density at radius 2 is 2.56 bits per heavy atom. The zero-order valence-corrected chi connectivity index (χ0v) is 9.92. The van der Waals surface area contributed by atoms with Crippen LogP contribution in [0.4, 0.5) is 0 Å². The molecule has 0 spiro atoms. The van der Waals surface area contributed by atoms with Crippen LogP contribution in [0.25, 0.3) is 0 Å². The maximum Gasteiger partial charge on any atom is 0.356 e. The number of imidazole rings is 1. The van der Waals surface area contributed by atoms with E-state index in [2.05, 4.69) is 26.9 Å². The van der Waals surface area contributed by atoms with Crippen LogP contribution >= 0.6 is 11.8 Å². The summed E-state index contributed by atoms with van der Waals surface area (Å²) in [7, 11) is 1.36. The Bertz CT molecular complexity index is 400. The molecule has 1 heterocycles. The summed E-state index contributed by atoms with van der Waals surface area (Å²) in [6.45, 7) is 0. The van der Waals surface area contributed by atoms with Crippen LogP contribution in [0, 0.1) is 0 Å². The molecule has 16 heavy (non-hydrogen) atoms. The number of rotatable bonds is 3. The van der Waals surface area contributed by atoms with Gasteiger partial charge >= 0.3 is 5.97 Å². The van der Waals surface area contributed by atoms with Crippen LogP contribution in [0.1, 0.15) is 29.8 Å². The topological polar surface area (TPSA) is 55.0 Å². The minimum Gasteiger partial charge on any atom is -0.464 e. The quantitative estimate of drug-likeness (QED) is 0.649. The van der Waals surface area contributed by atoms with Crippen molar-refractivity contribution < 1.29 is 9.53 Å². The van der Waals surface area contributed by atoms with Crippen molar-refractivity contribution in [1.29, 1.82) is 0 Å². The first-order chi connectivity index (χ1) is 7.79. The van der Waals surface area contributed by atoms with Crippen LogP contribution in [-0.4, -0.2) is 28.3 Å². The fraction of sp³-hybridized carbons (Fsp3) is 0.455. The highest BCUT2D eigenvalue weighted by atomic mass is 32.2. The van der Waals surface area contributed by atoms with E-state index >= 15 is 0 Å². The van der Waals surface area contributed by atoms with Crippen molar-refractivity contribution >= 4 is 17.7 Å². The number of carbonyl (C=O) groups is 1. The molecule has 1 aromatic heterocycles. The first-order valence-corrected chi connectivity index (χ1v) is 6.14. The van der Waals surface area contributed by atoms with Gasteiger partial charge in [-0.05, 0) is 19.3 Å². The van der Waals surface area contributed by atoms with Crippen molar-refractivity contribution in [3.05, 3.63) is 24.0 Å². The zero-order valence-electron chi connectivity index (χ0n) is 9.10. The normalized spacial score (nSPS) is 19.7. The number of hydrogen-bond acceptors (Lipinski definition) is 4. The van der Waals surface area contributed by atoms with E-state index < -0.39 is 0 Å². The van der Waals surface area contributed by atoms with Gasteiger partial charge in [0.1, 0.15) is 5.69 Å². The third kappa shape index (κ3) is 2.66. The van der Waals surface area contributed by atoms with Gasteiger partial charge in [0, 0.05) is 5.25 Å². The van der Waals surface area contributed by atoms with Gasteiger partial charge < -0.3 is 9.72 Å². The third-order valence-electron chi connectivity index (χ3n) is 2.43. The second-order valence-electron chi connectivity index (χ2n) is 3.61. The molecule has 2 rings (SSSR count). The van der Waals surface area contributed by atoms with Gasteiger partial charge in [-0.25, -0.2) is 9.78 Å². The van der Waals surface area contributed by atoms with Crippen molar-refractivity contribution in [1.82, 2.24) is 9.97 Å². The highest BCUT2D eigenvalue weighted by Crippen LogP contribution is 2.27. The highest BCUT2D eigenvalue weighted by molar-refractivity contribution is 7.99. The number of nitrogens with zero attached hydrogens (tertiary/aromatic N) is 1. The van der Waals surface area contributed by atoms with Crippen LogP contribution in [0.2, 0.25) is 0 Å². The van der Waals surface area contributed by atoms with Crippen LogP contribution < -0.4 is 0 Å². The molecule has 0 aliphatic heterocycles. The van der Waals surface area contributed by atoms with Gasteiger partial charge in [0.25, 0.3) is 0 Å². The SMILES string of the molecule is COC(=O)c1cnc(S[C@@H]2C=CCCC2)[nH]1. The van der Waals surface area contributed by atoms with E-state index in [9.17, 15) is 4.79 Å². The number of hydrogen-bond donors (Lipinski definition) is 1. The third-order valence-corrected chi connectivity index (χ3v) is 3.56. The molecular formula is C11H14N2O2S. The van der Waals surface area contributed by atoms with Gasteiger partial charge in [-0.15, -0.1) is 0 Å². The summed E-state index contributed by atoms with van der Waals surface area (Å²) in [6.07, 6.45) is 9.47. The number of H-pyrrole nitrogens is 1. The van der Waals surface area contributed by atoms with Gasteiger partial charge in [0.15, 0.2) is 5.16 Å². The van der Waals surface area contributed by atoms with Crippen LogP contribution in [0.15, 0.2) is 23.5 Å². The molecule has 5 heteroatoms. The number of aromatic nitrogens is 2. The van der Waals surface area contributed by atoms with E-state index in [-0.39, 0.29) is 5.97 Å². The Morgan fingerprint density at radius 3 is 3.25 bits per heavy atom. The Morgan fingerprint density at radius 1 is 1.69 bits per heavy atom. The second-order valence-corrected chi connectivity index (χ2v) is 4.84. The molecule has 1 N–H and O–H groups in total. The summed E-state index contributed by atoms with van der Waals surface area (Å²) < 4.78 is 4.61. The van der Waals surface area contributed by atoms with Gasteiger partial charge in [-0.2, -0.15) is 0 Å². The molecule has 0 saturated carbocycles. The van der Waals surface area contributed by atoms with E-state index in [0.29, 0.717) is 10.9 Å². The van der Waals surface area contributed by atoms with E-state index in [4.69, 9.17) is 0 Å². The minimum atomic E-state index is -0.376. The molecule has 0 bridgehead atoms. The average Bonchev–Trinajstić information content (AvgIpc) is 2.78. The lowest BCUT2D eigenvalue weighted by molar-refractivity contribution is 0.0594. The number of thioether (sulfide) groups is 1. The summed E-state index contributed by atoms with van der Waals surface area (Å²) >= 11 is 1.65. The van der Waals surface area contributed by atoms with Crippen molar-refractivity contribution in [2.75, 3.05) is 7.11 Å². The summed E-state index contributed by atoms with van der Waals surface area (Å²) in [5.41, 5.74) is 0.407. The maximum atomic E-state index is 11.2. The Hall–Kier alpha value is -1.23. The standard InChI is InChI=1S/C11H14N2O2S/c1-15-10(14)9-7-12-11(13-9)16-8-5-3-2-4-6-8/h3,5,7-8H,2,4,6H2,1H3,(H,12,13)/t8-/m1/s1. The number of esters is 1. The lowest BCUT2D eigenvalue weighted by atomic mass is 10.1. The lowest BCUT2D eigenvalue weighted by Gasteiger charge is -2.13. The van der Waals surface area contributed by atoms with E-state index in [1.54, 1.807) is 11.8 Å². The summed E-state index contributed by atoms with van der Waals surface area (Å²) in [5, 5.41) is 1.24. The summed E-state index contributed by atoms with van der Waals surface area (Å²) in [4.78, 5) is 18.3. The second kappa shape index (κ2) is 5.21. The molecule has 0 radical (unpaired) electrons. The van der Waals surface area contributed by atoms with Crippen molar-refractivity contribution in [3.63, 3.8) is 0 Å². The predicted octanol–water partition coefficient (Wildman–Crippen LogP) is 2.40. The van der Waals surface area contributed by atoms with Crippen LogP contribution in [0.3, 0.4) is 0 Å². The fourth-order valence-electron chi connectivity index (χ4n) is 1.60. The molecule has 0 unspecified atom stereocenters. The monoisotopic (exact) mass is 238 g/mol. The van der Waals surface area contributed by atoms with E-state index in [1.807, 2.05) is 0 Å². The molecule has 1 atom stereocenters. The van der Waals surface area contributed by atoms with E-state index in [1.165, 1.54) is 26.1 Å². The Balaban J connectivity index is 1.99. The van der Waals surface area contributed by atoms with E-state index in [0.717, 1.165) is 11.6 Å². The minimum absolute atomic E-state index is 0.376. The first-order valence-electron chi connectivity index (χ1n) is 5.26. The smallest absolute Gasteiger partial charge is 0.356 e.